The minimum absolute atomic E-state index is 0.175. The number of rotatable bonds is 4. The molecule has 1 N–H and O–H groups in total. The van der Waals surface area contributed by atoms with Crippen molar-refractivity contribution in [2.75, 3.05) is 49.1 Å². The van der Waals surface area contributed by atoms with Gasteiger partial charge in [-0.25, -0.2) is 9.97 Å². The van der Waals surface area contributed by atoms with Crippen LogP contribution < -0.4 is 15.1 Å². The number of carbonyl (C=O) groups excluding carboxylic acids is 1. The number of nitrogens with one attached hydrogen (secondary N) is 1. The van der Waals surface area contributed by atoms with Crippen molar-refractivity contribution in [1.29, 1.82) is 0 Å². The van der Waals surface area contributed by atoms with Crippen LogP contribution >= 0.6 is 0 Å². The van der Waals surface area contributed by atoms with Gasteiger partial charge >= 0.3 is 0 Å². The van der Waals surface area contributed by atoms with E-state index >= 15 is 0 Å². The Morgan fingerprint density at radius 2 is 1.86 bits per heavy atom. The number of amides is 1. The van der Waals surface area contributed by atoms with E-state index < -0.39 is 0 Å². The maximum atomic E-state index is 13.1. The van der Waals surface area contributed by atoms with Gasteiger partial charge < -0.3 is 10.2 Å². The topological polar surface area (TPSA) is 64.6 Å². The van der Waals surface area contributed by atoms with Crippen molar-refractivity contribution in [1.82, 2.24) is 20.2 Å². The summed E-state index contributed by atoms with van der Waals surface area (Å²) in [5.74, 6) is 1.87. The molecule has 0 aliphatic carbocycles. The largest absolute Gasteiger partial charge is 0.354 e. The third-order valence-corrected chi connectivity index (χ3v) is 7.55. The van der Waals surface area contributed by atoms with Crippen molar-refractivity contribution in [3.05, 3.63) is 25.0 Å². The predicted molar refractivity (Wildman–Crippen MR) is 114 cm³/mol. The van der Waals surface area contributed by atoms with Crippen molar-refractivity contribution in [3.63, 3.8) is 0 Å². The first kappa shape index (κ1) is 19.0. The van der Waals surface area contributed by atoms with Crippen LogP contribution in [0.15, 0.2) is 25.0 Å². The Balaban J connectivity index is 1.24. The van der Waals surface area contributed by atoms with E-state index in [9.17, 15) is 4.79 Å². The zero-order valence-corrected chi connectivity index (χ0v) is 17.2. The first-order valence-corrected chi connectivity index (χ1v) is 11.2. The molecule has 1 aromatic rings. The maximum Gasteiger partial charge on any atom is 0.234 e. The van der Waals surface area contributed by atoms with Gasteiger partial charge in [0.1, 0.15) is 5.82 Å². The zero-order valence-electron chi connectivity index (χ0n) is 17.2. The number of hydrogen-bond donors (Lipinski definition) is 1. The van der Waals surface area contributed by atoms with Crippen LogP contribution in [-0.2, 0) is 4.79 Å². The Hall–Kier alpha value is -1.99. The maximum absolute atomic E-state index is 13.1. The SMILES string of the molecule is C=C[C@H]1CCCN1[C@H]1CCN(c2cnc(N3CCC4(CCNCC4)C3=O)cn2)C1. The standard InChI is InChI=1S/C22H32N6O/c1-2-17-4-3-11-27(17)18-5-12-26(16-18)19-14-25-20(15-24-19)28-13-8-22(21(28)29)6-9-23-10-7-22/h2,14-15,17-18,23H,1,3-13,16H2/t17-,18-/m0/s1. The van der Waals surface area contributed by atoms with E-state index in [0.29, 0.717) is 17.9 Å². The summed E-state index contributed by atoms with van der Waals surface area (Å²) in [4.78, 5) is 29.2. The smallest absolute Gasteiger partial charge is 0.234 e. The van der Waals surface area contributed by atoms with E-state index in [-0.39, 0.29) is 11.3 Å². The van der Waals surface area contributed by atoms with Crippen molar-refractivity contribution in [2.45, 2.75) is 50.6 Å². The summed E-state index contributed by atoms with van der Waals surface area (Å²) >= 11 is 0. The molecule has 0 radical (unpaired) electrons. The first-order valence-electron chi connectivity index (χ1n) is 11.2. The molecular weight excluding hydrogens is 364 g/mol. The molecule has 0 saturated carbocycles. The van der Waals surface area contributed by atoms with Gasteiger partial charge in [-0.05, 0) is 58.2 Å². The summed E-state index contributed by atoms with van der Waals surface area (Å²) in [5, 5.41) is 3.37. The summed E-state index contributed by atoms with van der Waals surface area (Å²) < 4.78 is 0. The second kappa shape index (κ2) is 7.69. The van der Waals surface area contributed by atoms with Gasteiger partial charge in [-0.15, -0.1) is 6.58 Å². The molecule has 4 aliphatic heterocycles. The van der Waals surface area contributed by atoms with E-state index in [1.165, 1.54) is 19.4 Å². The molecule has 1 aromatic heterocycles. The fourth-order valence-corrected chi connectivity index (χ4v) is 5.77. The third kappa shape index (κ3) is 3.34. The lowest BCUT2D eigenvalue weighted by Crippen LogP contribution is -2.43. The normalized spacial score (nSPS) is 29.9. The number of anilines is 2. The first-order chi connectivity index (χ1) is 14.2. The zero-order chi connectivity index (χ0) is 19.8. The minimum atomic E-state index is -0.175. The molecule has 4 fully saturated rings. The lowest BCUT2D eigenvalue weighted by Gasteiger charge is -2.31. The molecule has 7 nitrogen and oxygen atoms in total. The van der Waals surface area contributed by atoms with Crippen molar-refractivity contribution in [2.24, 2.45) is 5.41 Å². The van der Waals surface area contributed by atoms with Gasteiger partial charge in [-0.3, -0.25) is 14.6 Å². The Kier molecular flexibility index (Phi) is 5.04. The highest BCUT2D eigenvalue weighted by molar-refractivity contribution is 5.99. The molecule has 5 heterocycles. The van der Waals surface area contributed by atoms with Crippen molar-refractivity contribution in [3.8, 4) is 0 Å². The summed E-state index contributed by atoms with van der Waals surface area (Å²) in [7, 11) is 0. The van der Waals surface area contributed by atoms with Crippen LogP contribution in [0, 0.1) is 5.41 Å². The predicted octanol–water partition coefficient (Wildman–Crippen LogP) is 1.81. The van der Waals surface area contributed by atoms with Gasteiger partial charge in [-0.1, -0.05) is 6.08 Å². The van der Waals surface area contributed by atoms with Crippen LogP contribution in [-0.4, -0.2) is 72.1 Å². The van der Waals surface area contributed by atoms with Crippen molar-refractivity contribution < 1.29 is 4.79 Å². The van der Waals surface area contributed by atoms with E-state index in [4.69, 9.17) is 4.98 Å². The Bertz CT molecular complexity index is 759. The average molecular weight is 397 g/mol. The number of piperidine rings is 1. The molecule has 0 unspecified atom stereocenters. The van der Waals surface area contributed by atoms with Crippen LogP contribution in [0.1, 0.15) is 38.5 Å². The summed E-state index contributed by atoms with van der Waals surface area (Å²) in [6.07, 6.45) is 12.2. The summed E-state index contributed by atoms with van der Waals surface area (Å²) in [6.45, 7) is 9.83. The highest BCUT2D eigenvalue weighted by Gasteiger charge is 2.47. The fourth-order valence-electron chi connectivity index (χ4n) is 5.77. The van der Waals surface area contributed by atoms with Gasteiger partial charge in [0.2, 0.25) is 5.91 Å². The van der Waals surface area contributed by atoms with Crippen LogP contribution in [0.5, 0.6) is 0 Å². The van der Waals surface area contributed by atoms with Gasteiger partial charge in [-0.2, -0.15) is 0 Å². The van der Waals surface area contributed by atoms with E-state index in [1.807, 2.05) is 11.1 Å². The molecule has 1 spiro atoms. The molecule has 29 heavy (non-hydrogen) atoms. The van der Waals surface area contributed by atoms with Gasteiger partial charge in [0.15, 0.2) is 5.82 Å². The molecule has 7 heteroatoms. The molecule has 4 aliphatic rings. The Morgan fingerprint density at radius 1 is 1.07 bits per heavy atom. The van der Waals surface area contributed by atoms with Crippen LogP contribution in [0.3, 0.4) is 0 Å². The number of nitrogens with zero attached hydrogens (tertiary/aromatic N) is 5. The lowest BCUT2D eigenvalue weighted by atomic mass is 9.78. The van der Waals surface area contributed by atoms with E-state index in [0.717, 1.165) is 64.2 Å². The lowest BCUT2D eigenvalue weighted by molar-refractivity contribution is -0.126. The molecule has 0 aromatic carbocycles. The quantitative estimate of drug-likeness (QED) is 0.783. The molecule has 1 amide bonds. The van der Waals surface area contributed by atoms with Gasteiger partial charge in [0, 0.05) is 31.7 Å². The molecule has 0 bridgehead atoms. The highest BCUT2D eigenvalue weighted by Crippen LogP contribution is 2.41. The molecule has 4 saturated heterocycles. The number of aromatic nitrogens is 2. The van der Waals surface area contributed by atoms with Crippen LogP contribution in [0.2, 0.25) is 0 Å². The van der Waals surface area contributed by atoms with Crippen LogP contribution in [0.25, 0.3) is 0 Å². The van der Waals surface area contributed by atoms with E-state index in [1.54, 1.807) is 6.20 Å². The molecule has 5 rings (SSSR count). The number of hydrogen-bond acceptors (Lipinski definition) is 6. The second-order valence-electron chi connectivity index (χ2n) is 9.04. The Labute approximate surface area is 173 Å². The fraction of sp³-hybridized carbons (Fsp3) is 0.682. The monoisotopic (exact) mass is 396 g/mol. The Morgan fingerprint density at radius 3 is 2.62 bits per heavy atom. The number of likely N-dealkylation sites (tertiary alicyclic amines) is 1. The van der Waals surface area contributed by atoms with Gasteiger partial charge in [0.05, 0.1) is 17.8 Å². The molecule has 156 valence electrons. The highest BCUT2D eigenvalue weighted by atomic mass is 16.2. The third-order valence-electron chi connectivity index (χ3n) is 7.55. The van der Waals surface area contributed by atoms with Crippen LogP contribution in [0.4, 0.5) is 11.6 Å². The number of carbonyl (C=O) groups is 1. The minimum Gasteiger partial charge on any atom is -0.354 e. The average Bonchev–Trinajstić information content (AvgIpc) is 3.49. The van der Waals surface area contributed by atoms with Gasteiger partial charge in [0.25, 0.3) is 0 Å². The molecular formula is C22H32N6O. The van der Waals surface area contributed by atoms with E-state index in [2.05, 4.69) is 32.8 Å². The summed E-state index contributed by atoms with van der Waals surface area (Å²) in [6, 6.07) is 1.10. The van der Waals surface area contributed by atoms with Crippen molar-refractivity contribution >= 4 is 17.5 Å². The molecule has 2 atom stereocenters. The second-order valence-corrected chi connectivity index (χ2v) is 9.04. The summed E-state index contributed by atoms with van der Waals surface area (Å²) in [5.41, 5.74) is -0.175.